The summed E-state index contributed by atoms with van der Waals surface area (Å²) in [6.45, 7) is 0.301. The van der Waals surface area contributed by atoms with Gasteiger partial charge in [0.1, 0.15) is 5.82 Å². The van der Waals surface area contributed by atoms with E-state index in [4.69, 9.17) is 27.6 Å². The topological polar surface area (TPSA) is 51.0 Å². The fourth-order valence-electron chi connectivity index (χ4n) is 1.85. The number of halogens is 3. The first-order valence-electron chi connectivity index (χ1n) is 6.39. The van der Waals surface area contributed by atoms with Crippen molar-refractivity contribution in [1.82, 2.24) is 10.2 Å². The monoisotopic (exact) mass is 337 g/mol. The van der Waals surface area contributed by atoms with E-state index in [9.17, 15) is 4.39 Å². The Hall–Kier alpha value is -2.11. The highest BCUT2D eigenvalue weighted by atomic mass is 35.5. The van der Waals surface area contributed by atoms with Gasteiger partial charge in [0, 0.05) is 16.3 Å². The number of nitrogens with one attached hydrogen (secondary N) is 1. The van der Waals surface area contributed by atoms with Crippen LogP contribution in [0.4, 0.5) is 10.1 Å². The maximum atomic E-state index is 13.1. The molecule has 1 N–H and O–H groups in total. The molecule has 1 heterocycles. The van der Waals surface area contributed by atoms with Gasteiger partial charge in [0.2, 0.25) is 11.8 Å². The molecule has 0 aliphatic rings. The van der Waals surface area contributed by atoms with Crippen LogP contribution in [0.3, 0.4) is 0 Å². The van der Waals surface area contributed by atoms with E-state index in [1.807, 2.05) is 6.07 Å². The molecule has 112 valence electrons. The van der Waals surface area contributed by atoms with E-state index < -0.39 is 5.82 Å². The number of rotatable bonds is 4. The van der Waals surface area contributed by atoms with E-state index in [1.54, 1.807) is 24.3 Å². The minimum absolute atomic E-state index is 0.0511. The summed E-state index contributed by atoms with van der Waals surface area (Å²) in [5.74, 6) is 0.320. The smallest absolute Gasteiger partial charge is 0.247 e. The third-order valence-corrected chi connectivity index (χ3v) is 3.43. The van der Waals surface area contributed by atoms with Gasteiger partial charge in [-0.25, -0.2) is 4.39 Å². The average Bonchev–Trinajstić information content (AvgIpc) is 2.97. The zero-order valence-corrected chi connectivity index (χ0v) is 12.7. The summed E-state index contributed by atoms with van der Waals surface area (Å²) in [7, 11) is 0. The number of anilines is 1. The van der Waals surface area contributed by atoms with Gasteiger partial charge in [0.05, 0.1) is 11.6 Å². The Morgan fingerprint density at radius 2 is 1.95 bits per heavy atom. The molecule has 0 radical (unpaired) electrons. The highest BCUT2D eigenvalue weighted by Crippen LogP contribution is 2.22. The largest absolute Gasteiger partial charge is 0.419 e. The Morgan fingerprint density at radius 3 is 2.73 bits per heavy atom. The van der Waals surface area contributed by atoms with Crippen molar-refractivity contribution in [3.63, 3.8) is 0 Å². The van der Waals surface area contributed by atoms with Crippen LogP contribution in [0, 0.1) is 5.82 Å². The third kappa shape index (κ3) is 3.37. The van der Waals surface area contributed by atoms with Crippen LogP contribution in [0.2, 0.25) is 10.0 Å². The average molecular weight is 338 g/mol. The van der Waals surface area contributed by atoms with Crippen molar-refractivity contribution in [3.8, 4) is 11.5 Å². The van der Waals surface area contributed by atoms with Gasteiger partial charge in [-0.05, 0) is 36.4 Å². The summed E-state index contributed by atoms with van der Waals surface area (Å²) in [5, 5.41) is 11.6. The second-order valence-corrected chi connectivity index (χ2v) is 5.34. The molecule has 1 aromatic heterocycles. The van der Waals surface area contributed by atoms with Crippen molar-refractivity contribution >= 4 is 28.9 Å². The van der Waals surface area contributed by atoms with Crippen molar-refractivity contribution in [3.05, 3.63) is 64.2 Å². The number of benzene rings is 2. The van der Waals surface area contributed by atoms with E-state index in [2.05, 4.69) is 15.5 Å². The Balaban J connectivity index is 1.70. The molecule has 3 aromatic rings. The van der Waals surface area contributed by atoms with Gasteiger partial charge in [-0.3, -0.25) is 0 Å². The molecule has 0 fully saturated rings. The molecule has 2 aromatic carbocycles. The maximum absolute atomic E-state index is 13.1. The van der Waals surface area contributed by atoms with Gasteiger partial charge in [0.15, 0.2) is 0 Å². The van der Waals surface area contributed by atoms with Crippen LogP contribution in [0.15, 0.2) is 46.9 Å². The molecule has 0 aliphatic carbocycles. The third-order valence-electron chi connectivity index (χ3n) is 2.90. The van der Waals surface area contributed by atoms with Crippen LogP contribution in [0.25, 0.3) is 11.5 Å². The zero-order valence-electron chi connectivity index (χ0n) is 11.2. The lowest BCUT2D eigenvalue weighted by atomic mass is 10.2. The standard InChI is InChI=1S/C15H10Cl2FN3O/c16-10-3-1-2-9(6-10)15-21-20-14(22-15)8-19-11-4-5-13(18)12(17)7-11/h1-7,19H,8H2. The van der Waals surface area contributed by atoms with E-state index in [0.717, 1.165) is 5.56 Å². The Bertz CT molecular complexity index is 807. The molecule has 0 aliphatic heterocycles. The van der Waals surface area contributed by atoms with Crippen molar-refractivity contribution in [1.29, 1.82) is 0 Å². The fraction of sp³-hybridized carbons (Fsp3) is 0.0667. The molecule has 7 heteroatoms. The van der Waals surface area contributed by atoms with Crippen LogP contribution in [0.1, 0.15) is 5.89 Å². The molecule has 3 rings (SSSR count). The molecule has 0 saturated carbocycles. The molecule has 0 amide bonds. The van der Waals surface area contributed by atoms with Gasteiger partial charge in [-0.1, -0.05) is 29.3 Å². The van der Waals surface area contributed by atoms with Crippen molar-refractivity contribution in [2.24, 2.45) is 0 Å². The lowest BCUT2D eigenvalue weighted by Crippen LogP contribution is -1.99. The van der Waals surface area contributed by atoms with E-state index in [-0.39, 0.29) is 5.02 Å². The molecule has 0 bridgehead atoms. The van der Waals surface area contributed by atoms with Crippen molar-refractivity contribution in [2.75, 3.05) is 5.32 Å². The van der Waals surface area contributed by atoms with E-state index >= 15 is 0 Å². The van der Waals surface area contributed by atoms with Gasteiger partial charge in [0.25, 0.3) is 0 Å². The minimum Gasteiger partial charge on any atom is -0.419 e. The predicted octanol–water partition coefficient (Wildman–Crippen LogP) is 4.79. The summed E-state index contributed by atoms with van der Waals surface area (Å²) in [4.78, 5) is 0. The predicted molar refractivity (Wildman–Crippen MR) is 83.5 cm³/mol. The summed E-state index contributed by atoms with van der Waals surface area (Å²) < 4.78 is 18.6. The first-order valence-corrected chi connectivity index (χ1v) is 7.14. The van der Waals surface area contributed by atoms with Gasteiger partial charge in [-0.15, -0.1) is 10.2 Å². The Labute approximate surface area is 135 Å². The summed E-state index contributed by atoms with van der Waals surface area (Å²) >= 11 is 11.6. The number of nitrogens with zero attached hydrogens (tertiary/aromatic N) is 2. The van der Waals surface area contributed by atoms with Crippen LogP contribution >= 0.6 is 23.2 Å². The fourth-order valence-corrected chi connectivity index (χ4v) is 2.22. The molecular weight excluding hydrogens is 328 g/mol. The van der Waals surface area contributed by atoms with Crippen LogP contribution in [-0.2, 0) is 6.54 Å². The number of hydrogen-bond acceptors (Lipinski definition) is 4. The summed E-state index contributed by atoms with van der Waals surface area (Å²) in [6.07, 6.45) is 0. The Kier molecular flexibility index (Phi) is 4.27. The number of aromatic nitrogens is 2. The molecule has 0 spiro atoms. The second-order valence-electron chi connectivity index (χ2n) is 4.49. The van der Waals surface area contributed by atoms with Gasteiger partial charge >= 0.3 is 0 Å². The molecule has 0 atom stereocenters. The number of hydrogen-bond donors (Lipinski definition) is 1. The molecular formula is C15H10Cl2FN3O. The van der Waals surface area contributed by atoms with E-state index in [1.165, 1.54) is 12.1 Å². The quantitative estimate of drug-likeness (QED) is 0.743. The highest BCUT2D eigenvalue weighted by molar-refractivity contribution is 6.31. The normalized spacial score (nSPS) is 10.7. The van der Waals surface area contributed by atoms with Crippen LogP contribution < -0.4 is 5.32 Å². The molecule has 22 heavy (non-hydrogen) atoms. The van der Waals surface area contributed by atoms with Crippen molar-refractivity contribution in [2.45, 2.75) is 6.54 Å². The molecule has 0 unspecified atom stereocenters. The molecule has 4 nitrogen and oxygen atoms in total. The lowest BCUT2D eigenvalue weighted by Gasteiger charge is -2.04. The first-order chi connectivity index (χ1) is 10.6. The van der Waals surface area contributed by atoms with Crippen LogP contribution in [-0.4, -0.2) is 10.2 Å². The van der Waals surface area contributed by atoms with Crippen LogP contribution in [0.5, 0.6) is 0 Å². The van der Waals surface area contributed by atoms with Gasteiger partial charge < -0.3 is 9.73 Å². The zero-order chi connectivity index (χ0) is 15.5. The second kappa shape index (κ2) is 6.34. The SMILES string of the molecule is Fc1ccc(NCc2nnc(-c3cccc(Cl)c3)o2)cc1Cl. The molecule has 0 saturated heterocycles. The summed E-state index contributed by atoms with van der Waals surface area (Å²) in [6, 6.07) is 11.5. The van der Waals surface area contributed by atoms with E-state index in [0.29, 0.717) is 29.0 Å². The van der Waals surface area contributed by atoms with Crippen molar-refractivity contribution < 1.29 is 8.81 Å². The Morgan fingerprint density at radius 1 is 1.09 bits per heavy atom. The summed E-state index contributed by atoms with van der Waals surface area (Å²) in [5.41, 5.74) is 1.41. The lowest BCUT2D eigenvalue weighted by molar-refractivity contribution is 0.515. The van der Waals surface area contributed by atoms with Gasteiger partial charge in [-0.2, -0.15) is 0 Å². The maximum Gasteiger partial charge on any atom is 0.247 e. The highest BCUT2D eigenvalue weighted by Gasteiger charge is 2.09. The minimum atomic E-state index is -0.465. The first kappa shape index (κ1) is 14.8.